The highest BCUT2D eigenvalue weighted by atomic mass is 19.4. The van der Waals surface area contributed by atoms with Crippen molar-refractivity contribution < 1.29 is 35.8 Å². The van der Waals surface area contributed by atoms with E-state index in [4.69, 9.17) is 20.9 Å². The van der Waals surface area contributed by atoms with Crippen LogP contribution in [0.1, 0.15) is 16.7 Å². The summed E-state index contributed by atoms with van der Waals surface area (Å²) in [5.41, 5.74) is 10.7. The van der Waals surface area contributed by atoms with Gasteiger partial charge in [0.15, 0.2) is 0 Å². The normalized spacial score (nSPS) is 11.9. The molecule has 4 nitrogen and oxygen atoms in total. The summed E-state index contributed by atoms with van der Waals surface area (Å²) < 4.78 is 92.3. The third-order valence-corrected chi connectivity index (χ3v) is 5.41. The quantitative estimate of drug-likeness (QED) is 0.205. The van der Waals surface area contributed by atoms with Gasteiger partial charge in [-0.2, -0.15) is 26.3 Å². The van der Waals surface area contributed by atoms with Crippen LogP contribution in [0.5, 0.6) is 23.0 Å². The largest absolute Gasteiger partial charge is 0.457 e. The van der Waals surface area contributed by atoms with Gasteiger partial charge in [-0.15, -0.1) is 0 Å². The highest BCUT2D eigenvalue weighted by Gasteiger charge is 2.35. The molecule has 0 saturated carbocycles. The predicted octanol–water partition coefficient (Wildman–Crippen LogP) is 8.45. The van der Waals surface area contributed by atoms with E-state index >= 15 is 0 Å². The number of benzene rings is 4. The maximum Gasteiger partial charge on any atom is 0.420 e. The maximum absolute atomic E-state index is 13.5. The first kappa shape index (κ1) is 25.7. The zero-order valence-electron chi connectivity index (χ0n) is 19.2. The molecular formula is C27H20F6N2O2. The molecule has 4 aromatic carbocycles. The van der Waals surface area contributed by atoms with Crippen LogP contribution in [-0.2, 0) is 12.4 Å². The average Bonchev–Trinajstić information content (AvgIpc) is 2.81. The van der Waals surface area contributed by atoms with Gasteiger partial charge in [-0.05, 0) is 84.8 Å². The lowest BCUT2D eigenvalue weighted by molar-refractivity contribution is -0.139. The van der Waals surface area contributed by atoms with Gasteiger partial charge in [-0.3, -0.25) is 0 Å². The fraction of sp³-hybridized carbons (Fsp3) is 0.111. The first-order valence-electron chi connectivity index (χ1n) is 10.8. The van der Waals surface area contributed by atoms with Crippen molar-refractivity contribution in [3.8, 4) is 34.1 Å². The molecule has 0 fully saturated rings. The second-order valence-corrected chi connectivity index (χ2v) is 8.22. The molecule has 37 heavy (non-hydrogen) atoms. The molecule has 0 aromatic heterocycles. The van der Waals surface area contributed by atoms with Crippen molar-refractivity contribution in [2.75, 3.05) is 11.5 Å². The molecule has 0 radical (unpaired) electrons. The topological polar surface area (TPSA) is 70.5 Å². The van der Waals surface area contributed by atoms with Gasteiger partial charge in [-0.1, -0.05) is 12.1 Å². The highest BCUT2D eigenvalue weighted by Crippen LogP contribution is 2.43. The Labute approximate surface area is 208 Å². The molecular weight excluding hydrogens is 498 g/mol. The van der Waals surface area contributed by atoms with Crippen molar-refractivity contribution >= 4 is 11.4 Å². The summed E-state index contributed by atoms with van der Waals surface area (Å²) in [7, 11) is 0. The number of aryl methyl sites for hydroxylation is 1. The number of nitrogen functional groups attached to an aromatic ring is 2. The maximum atomic E-state index is 13.5. The van der Waals surface area contributed by atoms with Gasteiger partial charge >= 0.3 is 12.4 Å². The van der Waals surface area contributed by atoms with E-state index in [1.54, 1.807) is 25.1 Å². The highest BCUT2D eigenvalue weighted by molar-refractivity contribution is 5.73. The Morgan fingerprint density at radius 2 is 1.27 bits per heavy atom. The lowest BCUT2D eigenvalue weighted by atomic mass is 10.0. The molecule has 0 atom stereocenters. The van der Waals surface area contributed by atoms with E-state index in [-0.39, 0.29) is 28.3 Å². The first-order chi connectivity index (χ1) is 17.3. The van der Waals surface area contributed by atoms with Crippen LogP contribution >= 0.6 is 0 Å². The average molecular weight is 518 g/mol. The molecule has 0 heterocycles. The van der Waals surface area contributed by atoms with Gasteiger partial charge in [0.25, 0.3) is 0 Å². The van der Waals surface area contributed by atoms with Crippen molar-refractivity contribution in [2.24, 2.45) is 0 Å². The minimum atomic E-state index is -4.75. The first-order valence-corrected chi connectivity index (χ1v) is 10.8. The second kappa shape index (κ2) is 9.61. The Hall–Kier alpha value is -4.34. The molecule has 0 spiro atoms. The van der Waals surface area contributed by atoms with Crippen molar-refractivity contribution in [1.82, 2.24) is 0 Å². The van der Waals surface area contributed by atoms with Gasteiger partial charge in [0.2, 0.25) is 0 Å². The lowest BCUT2D eigenvalue weighted by Gasteiger charge is -2.18. The number of ether oxygens (including phenoxy) is 2. The van der Waals surface area contributed by atoms with E-state index in [0.717, 1.165) is 24.3 Å². The number of nitrogens with two attached hydrogens (primary N) is 2. The lowest BCUT2D eigenvalue weighted by Crippen LogP contribution is -2.08. The minimum Gasteiger partial charge on any atom is -0.457 e. The molecule has 0 bridgehead atoms. The summed E-state index contributed by atoms with van der Waals surface area (Å²) in [4.78, 5) is 0. The summed E-state index contributed by atoms with van der Waals surface area (Å²) in [5.74, 6) is -0.00863. The van der Waals surface area contributed by atoms with Crippen LogP contribution in [0.4, 0.5) is 37.7 Å². The minimum absolute atomic E-state index is 0.0518. The van der Waals surface area contributed by atoms with E-state index in [1.807, 2.05) is 0 Å². The molecule has 0 aliphatic heterocycles. The van der Waals surface area contributed by atoms with Crippen molar-refractivity contribution in [2.45, 2.75) is 19.3 Å². The summed E-state index contributed by atoms with van der Waals surface area (Å²) >= 11 is 0. The summed E-state index contributed by atoms with van der Waals surface area (Å²) in [6.07, 6.45) is -9.35. The van der Waals surface area contributed by atoms with Crippen LogP contribution in [0.25, 0.3) is 11.1 Å². The fourth-order valence-corrected chi connectivity index (χ4v) is 3.64. The number of anilines is 2. The summed E-state index contributed by atoms with van der Waals surface area (Å²) in [6.45, 7) is 1.74. The number of alkyl halides is 6. The van der Waals surface area contributed by atoms with E-state index in [9.17, 15) is 26.3 Å². The van der Waals surface area contributed by atoms with E-state index < -0.39 is 29.2 Å². The number of rotatable bonds is 5. The Kier molecular flexibility index (Phi) is 6.68. The second-order valence-electron chi connectivity index (χ2n) is 8.22. The molecule has 10 heteroatoms. The predicted molar refractivity (Wildman–Crippen MR) is 128 cm³/mol. The molecule has 4 rings (SSSR count). The SMILES string of the molecule is Cc1cc(N)ccc1Oc1ccc(Oc2ccc(N)cc2C(F)(F)F)cc1-c1cccc(C(F)(F)F)c1. The van der Waals surface area contributed by atoms with Gasteiger partial charge < -0.3 is 20.9 Å². The van der Waals surface area contributed by atoms with Crippen LogP contribution in [0.15, 0.2) is 78.9 Å². The van der Waals surface area contributed by atoms with Crippen LogP contribution in [0, 0.1) is 6.92 Å². The van der Waals surface area contributed by atoms with Gasteiger partial charge in [0, 0.05) is 16.9 Å². The fourth-order valence-electron chi connectivity index (χ4n) is 3.64. The Morgan fingerprint density at radius 3 is 1.92 bits per heavy atom. The molecule has 4 N–H and O–H groups in total. The number of hydrogen-bond donors (Lipinski definition) is 2. The zero-order valence-corrected chi connectivity index (χ0v) is 19.2. The van der Waals surface area contributed by atoms with Crippen LogP contribution < -0.4 is 20.9 Å². The molecule has 0 amide bonds. The zero-order chi connectivity index (χ0) is 27.0. The third kappa shape index (κ3) is 5.91. The third-order valence-electron chi connectivity index (χ3n) is 5.41. The Balaban J connectivity index is 1.82. The molecule has 0 unspecified atom stereocenters. The standard InChI is InChI=1S/C27H20F6N2O2/c1-15-11-18(34)5-8-23(15)37-24-10-7-20(36-25-9-6-19(35)13-22(25)27(31,32)33)14-21(24)16-3-2-4-17(12-16)26(28,29)30/h2-14H,34-35H2,1H3. The Bertz CT molecular complexity index is 1450. The smallest absolute Gasteiger partial charge is 0.420 e. The van der Waals surface area contributed by atoms with Crippen LogP contribution in [0.2, 0.25) is 0 Å². The van der Waals surface area contributed by atoms with Crippen molar-refractivity contribution in [3.63, 3.8) is 0 Å². The molecule has 0 aliphatic rings. The van der Waals surface area contributed by atoms with E-state index in [2.05, 4.69) is 0 Å². The van der Waals surface area contributed by atoms with Crippen molar-refractivity contribution in [1.29, 1.82) is 0 Å². The summed E-state index contributed by atoms with van der Waals surface area (Å²) in [6, 6.07) is 16.5. The van der Waals surface area contributed by atoms with Gasteiger partial charge in [-0.25, -0.2) is 0 Å². The number of hydrogen-bond acceptors (Lipinski definition) is 4. The van der Waals surface area contributed by atoms with Gasteiger partial charge in [0.05, 0.1) is 5.56 Å². The van der Waals surface area contributed by atoms with Crippen LogP contribution in [-0.4, -0.2) is 0 Å². The van der Waals surface area contributed by atoms with E-state index in [1.165, 1.54) is 36.4 Å². The monoisotopic (exact) mass is 518 g/mol. The van der Waals surface area contributed by atoms with Gasteiger partial charge in [0.1, 0.15) is 28.6 Å². The van der Waals surface area contributed by atoms with Crippen molar-refractivity contribution in [3.05, 3.63) is 95.6 Å². The molecule has 4 aromatic rings. The molecule has 192 valence electrons. The summed E-state index contributed by atoms with van der Waals surface area (Å²) in [5, 5.41) is 0. The molecule has 0 aliphatic carbocycles. The molecule has 0 saturated heterocycles. The number of halogens is 6. The van der Waals surface area contributed by atoms with E-state index in [0.29, 0.717) is 17.0 Å². The van der Waals surface area contributed by atoms with Crippen LogP contribution in [0.3, 0.4) is 0 Å². The Morgan fingerprint density at radius 1 is 0.622 bits per heavy atom.